The van der Waals surface area contributed by atoms with Crippen LogP contribution in [-0.2, 0) is 28.8 Å². The molecule has 0 aromatic carbocycles. The van der Waals surface area contributed by atoms with Gasteiger partial charge in [0.25, 0.3) is 0 Å². The van der Waals surface area contributed by atoms with Gasteiger partial charge in [-0.3, -0.25) is 24.0 Å². The van der Waals surface area contributed by atoms with Crippen molar-refractivity contribution in [2.75, 3.05) is 6.54 Å². The summed E-state index contributed by atoms with van der Waals surface area (Å²) < 4.78 is 0. The molecule has 0 unspecified atom stereocenters. The second-order valence-electron chi connectivity index (χ2n) is 8.18. The van der Waals surface area contributed by atoms with E-state index in [0.717, 1.165) is 0 Å². The molecular weight excluding hydrogens is 452 g/mol. The number of carbonyl (C=O) groups is 6. The van der Waals surface area contributed by atoms with Crippen molar-refractivity contribution >= 4 is 35.6 Å². The van der Waals surface area contributed by atoms with Crippen LogP contribution >= 0.6 is 0 Å². The van der Waals surface area contributed by atoms with E-state index in [2.05, 4.69) is 10.6 Å². The van der Waals surface area contributed by atoms with Gasteiger partial charge < -0.3 is 43.4 Å². The van der Waals surface area contributed by atoms with Crippen LogP contribution in [0.1, 0.15) is 52.4 Å². The third-order valence-electron chi connectivity index (χ3n) is 4.91. The van der Waals surface area contributed by atoms with E-state index in [1.807, 2.05) is 5.32 Å². The molecule has 0 saturated heterocycles. The summed E-state index contributed by atoms with van der Waals surface area (Å²) in [6.45, 7) is 3.82. The second-order valence-corrected chi connectivity index (χ2v) is 8.18. The number of hydrogen-bond donors (Lipinski definition) is 8. The highest BCUT2D eigenvalue weighted by molar-refractivity contribution is 5.94. The van der Waals surface area contributed by atoms with E-state index < -0.39 is 66.2 Å². The molecule has 194 valence electrons. The van der Waals surface area contributed by atoms with Crippen LogP contribution in [-0.4, -0.2) is 76.5 Å². The predicted molar refractivity (Wildman–Crippen MR) is 120 cm³/mol. The van der Waals surface area contributed by atoms with E-state index >= 15 is 0 Å². The van der Waals surface area contributed by atoms with E-state index in [9.17, 15) is 28.8 Å². The Labute approximate surface area is 197 Å². The highest BCUT2D eigenvalue weighted by Crippen LogP contribution is 2.07. The normalized spacial score (nSPS) is 14.4. The molecule has 0 radical (unpaired) electrons. The third kappa shape index (κ3) is 12.1. The van der Waals surface area contributed by atoms with Crippen LogP contribution in [0.2, 0.25) is 0 Å². The average Bonchev–Trinajstić information content (AvgIpc) is 2.73. The first-order chi connectivity index (χ1) is 15.8. The number of nitrogens with one attached hydrogen (secondary N) is 3. The first-order valence-corrected chi connectivity index (χ1v) is 10.9. The highest BCUT2D eigenvalue weighted by Gasteiger charge is 2.31. The lowest BCUT2D eigenvalue weighted by Crippen LogP contribution is -2.57. The Hall–Kier alpha value is -3.26. The minimum Gasteiger partial charge on any atom is -0.481 e. The Balaban J connectivity index is 5.60. The van der Waals surface area contributed by atoms with Gasteiger partial charge in [-0.25, -0.2) is 4.79 Å². The smallest absolute Gasteiger partial charge is 0.326 e. The van der Waals surface area contributed by atoms with Crippen molar-refractivity contribution in [3.05, 3.63) is 0 Å². The summed E-state index contributed by atoms with van der Waals surface area (Å²) in [6.07, 6.45) is -0.276. The van der Waals surface area contributed by atoms with Crippen molar-refractivity contribution in [1.82, 2.24) is 16.0 Å². The fourth-order valence-corrected chi connectivity index (χ4v) is 2.81. The summed E-state index contributed by atoms with van der Waals surface area (Å²) in [5, 5.41) is 24.9. The monoisotopic (exact) mass is 488 g/mol. The Bertz CT molecular complexity index is 745. The lowest BCUT2D eigenvalue weighted by molar-refractivity contribution is -0.147. The summed E-state index contributed by atoms with van der Waals surface area (Å²) in [7, 11) is 0. The Kier molecular flexibility index (Phi) is 14.1. The van der Waals surface area contributed by atoms with Gasteiger partial charge in [-0.05, 0) is 38.1 Å². The molecule has 0 aliphatic rings. The van der Waals surface area contributed by atoms with Crippen LogP contribution in [0.15, 0.2) is 0 Å². The Morgan fingerprint density at radius 3 is 1.74 bits per heavy atom. The van der Waals surface area contributed by atoms with E-state index in [4.69, 9.17) is 27.4 Å². The summed E-state index contributed by atoms with van der Waals surface area (Å²) >= 11 is 0. The van der Waals surface area contributed by atoms with Crippen LogP contribution in [0.3, 0.4) is 0 Å². The van der Waals surface area contributed by atoms with Crippen molar-refractivity contribution in [3.63, 3.8) is 0 Å². The van der Waals surface area contributed by atoms with Gasteiger partial charge in [0.15, 0.2) is 0 Å². The maximum absolute atomic E-state index is 12.9. The predicted octanol–water partition coefficient (Wildman–Crippen LogP) is -2.62. The molecule has 0 rings (SSSR count). The van der Waals surface area contributed by atoms with Crippen LogP contribution in [0, 0.1) is 5.92 Å². The standard InChI is InChI=1S/C20H36N6O8/c1-10(2)16(23)19(32)25-11(5-3-4-8-21)17(30)24-12(6-7-14(22)27)18(31)26-13(20(33)34)9-15(28)29/h10-13,16H,3-9,21,23H2,1-2H3,(H2,22,27)(H,24,30)(H,25,32)(H,26,31)(H,28,29)(H,33,34)/t11-,12-,13-,16-/m0/s1. The van der Waals surface area contributed by atoms with E-state index in [0.29, 0.717) is 19.4 Å². The lowest BCUT2D eigenvalue weighted by atomic mass is 10.0. The summed E-state index contributed by atoms with van der Waals surface area (Å²) in [5.41, 5.74) is 16.4. The van der Waals surface area contributed by atoms with Crippen molar-refractivity contribution < 1.29 is 39.0 Å². The molecule has 4 amide bonds. The second kappa shape index (κ2) is 15.6. The maximum atomic E-state index is 12.9. The molecule has 11 N–H and O–H groups in total. The summed E-state index contributed by atoms with van der Waals surface area (Å²) in [4.78, 5) is 71.3. The molecule has 0 heterocycles. The van der Waals surface area contributed by atoms with Gasteiger partial charge in [-0.15, -0.1) is 0 Å². The molecule has 34 heavy (non-hydrogen) atoms. The Morgan fingerprint density at radius 2 is 1.29 bits per heavy atom. The van der Waals surface area contributed by atoms with Crippen molar-refractivity contribution in [2.45, 2.75) is 76.5 Å². The van der Waals surface area contributed by atoms with E-state index in [1.165, 1.54) is 0 Å². The van der Waals surface area contributed by atoms with Gasteiger partial charge in [0.05, 0.1) is 12.5 Å². The first kappa shape index (κ1) is 30.7. The maximum Gasteiger partial charge on any atom is 0.326 e. The third-order valence-corrected chi connectivity index (χ3v) is 4.91. The number of primary amides is 1. The van der Waals surface area contributed by atoms with Crippen LogP contribution in [0.25, 0.3) is 0 Å². The molecule has 14 heteroatoms. The zero-order valence-electron chi connectivity index (χ0n) is 19.4. The minimum absolute atomic E-state index is 0.181. The number of carbonyl (C=O) groups excluding carboxylic acids is 4. The number of nitrogens with two attached hydrogens (primary N) is 3. The van der Waals surface area contributed by atoms with Gasteiger partial charge in [-0.2, -0.15) is 0 Å². The molecular formula is C20H36N6O8. The van der Waals surface area contributed by atoms with Crippen molar-refractivity contribution in [1.29, 1.82) is 0 Å². The molecule has 14 nitrogen and oxygen atoms in total. The van der Waals surface area contributed by atoms with E-state index in [-0.39, 0.29) is 25.2 Å². The fraction of sp³-hybridized carbons (Fsp3) is 0.700. The largest absolute Gasteiger partial charge is 0.481 e. The van der Waals surface area contributed by atoms with E-state index in [1.54, 1.807) is 13.8 Å². The molecule has 0 aliphatic carbocycles. The number of carboxylic acids is 2. The van der Waals surface area contributed by atoms with Crippen molar-refractivity contribution in [3.8, 4) is 0 Å². The molecule has 0 fully saturated rings. The molecule has 0 bridgehead atoms. The van der Waals surface area contributed by atoms with Crippen LogP contribution in [0.5, 0.6) is 0 Å². The van der Waals surface area contributed by atoms with Crippen molar-refractivity contribution in [2.24, 2.45) is 23.1 Å². The fourth-order valence-electron chi connectivity index (χ4n) is 2.81. The van der Waals surface area contributed by atoms with Crippen LogP contribution in [0.4, 0.5) is 0 Å². The summed E-state index contributed by atoms with van der Waals surface area (Å²) in [6, 6.07) is -5.14. The topological polar surface area (TPSA) is 257 Å². The van der Waals surface area contributed by atoms with Gasteiger partial charge in [0.1, 0.15) is 18.1 Å². The lowest BCUT2D eigenvalue weighted by Gasteiger charge is -2.25. The molecule has 0 saturated carbocycles. The van der Waals surface area contributed by atoms with Gasteiger partial charge >= 0.3 is 11.9 Å². The number of unbranched alkanes of at least 4 members (excludes halogenated alkanes) is 1. The number of hydrogen-bond acceptors (Lipinski definition) is 8. The molecule has 0 spiro atoms. The Morgan fingerprint density at radius 1 is 0.794 bits per heavy atom. The molecule has 0 aliphatic heterocycles. The number of carboxylic acid groups (broad SMARTS) is 2. The summed E-state index contributed by atoms with van der Waals surface area (Å²) in [5.74, 6) is -6.40. The molecule has 0 aromatic rings. The minimum atomic E-state index is -1.76. The highest BCUT2D eigenvalue weighted by atomic mass is 16.4. The molecule has 0 aromatic heterocycles. The number of amides is 4. The first-order valence-electron chi connectivity index (χ1n) is 10.9. The number of aliphatic carboxylic acids is 2. The average molecular weight is 489 g/mol. The quantitative estimate of drug-likeness (QED) is 0.0988. The molecule has 4 atom stereocenters. The zero-order valence-corrected chi connectivity index (χ0v) is 19.4. The zero-order chi connectivity index (χ0) is 26.4. The van der Waals surface area contributed by atoms with Gasteiger partial charge in [0, 0.05) is 6.42 Å². The van der Waals surface area contributed by atoms with Crippen LogP contribution < -0.4 is 33.2 Å². The van der Waals surface area contributed by atoms with Gasteiger partial charge in [0.2, 0.25) is 23.6 Å². The van der Waals surface area contributed by atoms with Gasteiger partial charge in [-0.1, -0.05) is 13.8 Å². The SMILES string of the molecule is CC(C)[C@H](N)C(=O)N[C@@H](CCCCN)C(=O)N[C@@H](CCC(N)=O)C(=O)N[C@@H](CC(=O)O)C(=O)O. The number of rotatable bonds is 17.